The van der Waals surface area contributed by atoms with E-state index in [1.165, 1.54) is 18.0 Å². The minimum atomic E-state index is -0.267. The highest BCUT2D eigenvalue weighted by Crippen LogP contribution is 2.20. The summed E-state index contributed by atoms with van der Waals surface area (Å²) in [4.78, 5) is 29.1. The quantitative estimate of drug-likeness (QED) is 0.357. The Balaban J connectivity index is 1.54. The van der Waals surface area contributed by atoms with Crippen LogP contribution in [0.4, 0.5) is 5.69 Å². The number of rotatable bonds is 11. The summed E-state index contributed by atoms with van der Waals surface area (Å²) in [5, 5.41) is 16.4. The molecule has 1 heterocycles. The Morgan fingerprint density at radius 3 is 2.52 bits per heavy atom. The third-order valence-corrected chi connectivity index (χ3v) is 5.79. The largest absolute Gasteiger partial charge is 0.494 e. The van der Waals surface area contributed by atoms with Gasteiger partial charge in [0, 0.05) is 17.3 Å². The van der Waals surface area contributed by atoms with E-state index in [0.717, 1.165) is 11.3 Å². The highest BCUT2D eigenvalue weighted by molar-refractivity contribution is 7.99. The van der Waals surface area contributed by atoms with Crippen LogP contribution in [0, 0.1) is 0 Å². The predicted molar refractivity (Wildman–Crippen MR) is 128 cm³/mol. The van der Waals surface area contributed by atoms with E-state index < -0.39 is 0 Å². The third-order valence-electron chi connectivity index (χ3n) is 4.55. The summed E-state index contributed by atoms with van der Waals surface area (Å²) < 4.78 is 6.99. The Kier molecular flexibility index (Phi) is 9.17. The summed E-state index contributed by atoms with van der Waals surface area (Å²) in [6.45, 7) is 2.54. The molecule has 3 rings (SSSR count). The SMILES string of the molecule is CCOc1ccc(NC(=O)CSc2ncc(CO)n2CC(=O)NCc2ccc(Cl)cc2)cc1. The Bertz CT molecular complexity index is 1070. The Morgan fingerprint density at radius 2 is 1.85 bits per heavy atom. The molecule has 10 heteroatoms. The molecule has 0 atom stereocenters. The van der Waals surface area contributed by atoms with Crippen molar-refractivity contribution in [2.45, 2.75) is 31.8 Å². The van der Waals surface area contributed by atoms with Crippen LogP contribution >= 0.6 is 23.4 Å². The summed E-state index contributed by atoms with van der Waals surface area (Å²) in [7, 11) is 0. The second-order valence-electron chi connectivity index (χ2n) is 6.97. The number of benzene rings is 2. The minimum absolute atomic E-state index is 0.0215. The molecule has 0 fully saturated rings. The van der Waals surface area contributed by atoms with Gasteiger partial charge >= 0.3 is 0 Å². The van der Waals surface area contributed by atoms with E-state index in [4.69, 9.17) is 16.3 Å². The van der Waals surface area contributed by atoms with Gasteiger partial charge in [-0.2, -0.15) is 0 Å². The number of halogens is 1. The van der Waals surface area contributed by atoms with Gasteiger partial charge < -0.3 is 25.0 Å². The molecular weight excluding hydrogens is 464 g/mol. The molecule has 174 valence electrons. The second kappa shape index (κ2) is 12.3. The van der Waals surface area contributed by atoms with Crippen molar-refractivity contribution in [1.29, 1.82) is 0 Å². The van der Waals surface area contributed by atoms with Crippen LogP contribution in [0.15, 0.2) is 59.9 Å². The normalized spacial score (nSPS) is 10.6. The van der Waals surface area contributed by atoms with Gasteiger partial charge in [0.15, 0.2) is 5.16 Å². The average molecular weight is 489 g/mol. The van der Waals surface area contributed by atoms with Gasteiger partial charge in [-0.15, -0.1) is 0 Å². The zero-order valence-electron chi connectivity index (χ0n) is 18.1. The van der Waals surface area contributed by atoms with E-state index in [0.29, 0.717) is 34.7 Å². The number of aromatic nitrogens is 2. The summed E-state index contributed by atoms with van der Waals surface area (Å²) >= 11 is 7.07. The molecular formula is C23H25ClN4O4S. The minimum Gasteiger partial charge on any atom is -0.494 e. The number of anilines is 1. The Morgan fingerprint density at radius 1 is 1.12 bits per heavy atom. The number of ether oxygens (including phenoxy) is 1. The van der Waals surface area contributed by atoms with E-state index in [9.17, 15) is 14.7 Å². The van der Waals surface area contributed by atoms with Gasteiger partial charge in [0.05, 0.1) is 30.9 Å². The number of carbonyl (C=O) groups excluding carboxylic acids is 2. The smallest absolute Gasteiger partial charge is 0.240 e. The van der Waals surface area contributed by atoms with E-state index in [2.05, 4.69) is 15.6 Å². The van der Waals surface area contributed by atoms with Crippen molar-refractivity contribution >= 4 is 40.9 Å². The first-order valence-electron chi connectivity index (χ1n) is 10.3. The van der Waals surface area contributed by atoms with Gasteiger partial charge in [0.1, 0.15) is 12.3 Å². The van der Waals surface area contributed by atoms with Gasteiger partial charge in [-0.25, -0.2) is 4.98 Å². The molecule has 0 unspecified atom stereocenters. The maximum atomic E-state index is 12.5. The number of hydrogen-bond acceptors (Lipinski definition) is 6. The van der Waals surface area contributed by atoms with Crippen LogP contribution in [-0.4, -0.2) is 38.8 Å². The fraction of sp³-hybridized carbons (Fsp3) is 0.261. The maximum Gasteiger partial charge on any atom is 0.240 e. The summed E-state index contributed by atoms with van der Waals surface area (Å²) in [5.74, 6) is 0.383. The molecule has 8 nitrogen and oxygen atoms in total. The molecule has 0 radical (unpaired) electrons. The Labute approximate surface area is 201 Å². The molecule has 0 saturated carbocycles. The molecule has 2 amide bonds. The highest BCUT2D eigenvalue weighted by Gasteiger charge is 2.15. The van der Waals surface area contributed by atoms with Crippen LogP contribution in [0.2, 0.25) is 5.02 Å². The number of amides is 2. The fourth-order valence-corrected chi connectivity index (χ4v) is 3.86. The van der Waals surface area contributed by atoms with E-state index in [1.54, 1.807) is 41.0 Å². The average Bonchev–Trinajstić information content (AvgIpc) is 3.20. The van der Waals surface area contributed by atoms with Crippen molar-refractivity contribution < 1.29 is 19.4 Å². The highest BCUT2D eigenvalue weighted by atomic mass is 35.5. The van der Waals surface area contributed by atoms with Crippen molar-refractivity contribution in [2.24, 2.45) is 0 Å². The zero-order chi connectivity index (χ0) is 23.6. The van der Waals surface area contributed by atoms with E-state index >= 15 is 0 Å². The van der Waals surface area contributed by atoms with Crippen LogP contribution in [0.3, 0.4) is 0 Å². The van der Waals surface area contributed by atoms with Gasteiger partial charge in [-0.05, 0) is 48.9 Å². The van der Waals surface area contributed by atoms with Crippen LogP contribution in [0.5, 0.6) is 5.75 Å². The van der Waals surface area contributed by atoms with Crippen molar-refractivity contribution in [2.75, 3.05) is 17.7 Å². The molecule has 0 bridgehead atoms. The van der Waals surface area contributed by atoms with Crippen LogP contribution in [-0.2, 0) is 29.3 Å². The molecule has 0 spiro atoms. The van der Waals surface area contributed by atoms with Gasteiger partial charge in [0.2, 0.25) is 11.8 Å². The van der Waals surface area contributed by atoms with Crippen molar-refractivity contribution in [3.63, 3.8) is 0 Å². The number of nitrogens with one attached hydrogen (secondary N) is 2. The van der Waals surface area contributed by atoms with Gasteiger partial charge in [-0.3, -0.25) is 9.59 Å². The third kappa shape index (κ3) is 7.52. The van der Waals surface area contributed by atoms with Crippen LogP contribution < -0.4 is 15.4 Å². The molecule has 33 heavy (non-hydrogen) atoms. The lowest BCUT2D eigenvalue weighted by Gasteiger charge is -2.11. The van der Waals surface area contributed by atoms with Gasteiger partial charge in [-0.1, -0.05) is 35.5 Å². The van der Waals surface area contributed by atoms with Crippen LogP contribution in [0.25, 0.3) is 0 Å². The van der Waals surface area contributed by atoms with E-state index in [1.807, 2.05) is 19.1 Å². The standard InChI is InChI=1S/C23H25ClN4O4S/c1-2-32-20-9-7-18(8-10-20)27-22(31)15-33-23-26-12-19(14-29)28(23)13-21(30)25-11-16-3-5-17(24)6-4-16/h3-10,12,29H,2,11,13-15H2,1H3,(H,25,30)(H,27,31). The van der Waals surface area contributed by atoms with Crippen LogP contribution in [0.1, 0.15) is 18.2 Å². The maximum absolute atomic E-state index is 12.5. The number of imidazole rings is 1. The predicted octanol–water partition coefficient (Wildman–Crippen LogP) is 3.47. The Hall–Kier alpha value is -3.01. The molecule has 1 aromatic heterocycles. The topological polar surface area (TPSA) is 105 Å². The molecule has 0 aliphatic rings. The lowest BCUT2D eigenvalue weighted by atomic mass is 10.2. The number of aliphatic hydroxyl groups excluding tert-OH is 1. The molecule has 3 N–H and O–H groups in total. The fourth-order valence-electron chi connectivity index (χ4n) is 2.93. The molecule has 0 aliphatic carbocycles. The van der Waals surface area contributed by atoms with Gasteiger partial charge in [0.25, 0.3) is 0 Å². The lowest BCUT2D eigenvalue weighted by Crippen LogP contribution is -2.28. The first-order chi connectivity index (χ1) is 16.0. The van der Waals surface area contributed by atoms with Crippen molar-refractivity contribution in [3.8, 4) is 5.75 Å². The summed E-state index contributed by atoms with van der Waals surface area (Å²) in [6, 6.07) is 14.3. The number of nitrogens with zero attached hydrogens (tertiary/aromatic N) is 2. The van der Waals surface area contributed by atoms with E-state index in [-0.39, 0.29) is 30.7 Å². The first-order valence-corrected chi connectivity index (χ1v) is 11.7. The molecule has 3 aromatic rings. The van der Waals surface area contributed by atoms with Crippen molar-refractivity contribution in [3.05, 3.63) is 71.0 Å². The molecule has 2 aromatic carbocycles. The molecule has 0 saturated heterocycles. The summed E-state index contributed by atoms with van der Waals surface area (Å²) in [5.41, 5.74) is 2.07. The lowest BCUT2D eigenvalue weighted by molar-refractivity contribution is -0.122. The molecule has 0 aliphatic heterocycles. The number of thioether (sulfide) groups is 1. The van der Waals surface area contributed by atoms with Crippen molar-refractivity contribution in [1.82, 2.24) is 14.9 Å². The number of hydrogen-bond donors (Lipinski definition) is 3. The summed E-state index contributed by atoms with van der Waals surface area (Å²) in [6.07, 6.45) is 1.50. The zero-order valence-corrected chi connectivity index (χ0v) is 19.7. The first kappa shape index (κ1) is 24.6. The second-order valence-corrected chi connectivity index (χ2v) is 8.35. The monoisotopic (exact) mass is 488 g/mol. The number of aliphatic hydroxyl groups is 1. The number of carbonyl (C=O) groups is 2.